The third-order valence-corrected chi connectivity index (χ3v) is 8.17. The number of halogens is 2. The van der Waals surface area contributed by atoms with E-state index in [0.29, 0.717) is 29.1 Å². The van der Waals surface area contributed by atoms with E-state index in [0.717, 1.165) is 22.4 Å². The highest BCUT2D eigenvalue weighted by molar-refractivity contribution is 7.92. The number of anilines is 1. The number of rotatable bonds is 3. The molecular weight excluding hydrogens is 502 g/mol. The molecule has 9 nitrogen and oxygen atoms in total. The Hall–Kier alpha value is -3.77. The summed E-state index contributed by atoms with van der Waals surface area (Å²) in [5, 5.41) is 8.19. The Balaban J connectivity index is 1.56. The number of aromatic nitrogens is 4. The van der Waals surface area contributed by atoms with Gasteiger partial charge in [-0.3, -0.25) is 13.9 Å². The van der Waals surface area contributed by atoms with Crippen LogP contribution in [0.3, 0.4) is 0 Å². The summed E-state index contributed by atoms with van der Waals surface area (Å²) >= 11 is 0. The molecule has 0 fully saturated rings. The van der Waals surface area contributed by atoms with Crippen molar-refractivity contribution in [3.05, 3.63) is 86.7 Å². The third-order valence-electron chi connectivity index (χ3n) is 6.97. The lowest BCUT2D eigenvalue weighted by Gasteiger charge is -2.21. The Bertz CT molecular complexity index is 1750. The Morgan fingerprint density at radius 1 is 1.05 bits per heavy atom. The summed E-state index contributed by atoms with van der Waals surface area (Å²) in [5.74, 6) is -1.09. The number of sulfonamides is 1. The number of imidazole rings is 1. The predicted octanol–water partition coefficient (Wildman–Crippen LogP) is 3.17. The van der Waals surface area contributed by atoms with Gasteiger partial charge in [-0.2, -0.15) is 5.10 Å². The topological polar surface area (TPSA) is 103 Å². The highest BCUT2D eigenvalue weighted by Gasteiger charge is 2.31. The second-order valence-corrected chi connectivity index (χ2v) is 11.2. The van der Waals surface area contributed by atoms with Crippen LogP contribution in [0.15, 0.2) is 41.5 Å². The van der Waals surface area contributed by atoms with Crippen molar-refractivity contribution in [1.82, 2.24) is 24.2 Å². The lowest BCUT2D eigenvalue weighted by molar-refractivity contribution is 0.536. The van der Waals surface area contributed by atoms with Crippen LogP contribution in [0.5, 0.6) is 0 Å². The van der Waals surface area contributed by atoms with E-state index < -0.39 is 27.3 Å². The molecule has 0 saturated heterocycles. The molecule has 4 heterocycles. The van der Waals surface area contributed by atoms with Crippen molar-refractivity contribution >= 4 is 15.7 Å². The van der Waals surface area contributed by atoms with Crippen LogP contribution in [0.1, 0.15) is 40.9 Å². The first-order valence-electron chi connectivity index (χ1n) is 11.8. The van der Waals surface area contributed by atoms with Crippen molar-refractivity contribution < 1.29 is 17.2 Å². The fourth-order valence-electron chi connectivity index (χ4n) is 5.21. The van der Waals surface area contributed by atoms with Crippen LogP contribution >= 0.6 is 0 Å². The first-order valence-corrected chi connectivity index (χ1v) is 13.5. The fourth-order valence-corrected chi connectivity index (χ4v) is 6.47. The van der Waals surface area contributed by atoms with Gasteiger partial charge in [-0.1, -0.05) is 0 Å². The molecule has 2 N–H and O–H groups in total. The zero-order valence-electron chi connectivity index (χ0n) is 20.3. The van der Waals surface area contributed by atoms with E-state index in [1.54, 1.807) is 30.7 Å². The quantitative estimate of drug-likeness (QED) is 0.427. The molecule has 0 bridgehead atoms. The second-order valence-electron chi connectivity index (χ2n) is 9.52. The zero-order valence-corrected chi connectivity index (χ0v) is 21.2. The Morgan fingerprint density at radius 3 is 2.49 bits per heavy atom. The first-order chi connectivity index (χ1) is 17.6. The average molecular weight is 527 g/mol. The molecule has 2 aliphatic heterocycles. The normalized spacial score (nSPS) is 17.9. The maximum atomic E-state index is 15.4. The van der Waals surface area contributed by atoms with Gasteiger partial charge in [-0.25, -0.2) is 26.7 Å². The van der Waals surface area contributed by atoms with Gasteiger partial charge in [0.25, 0.3) is 0 Å². The first kappa shape index (κ1) is 23.6. The van der Waals surface area contributed by atoms with Gasteiger partial charge in [0.1, 0.15) is 11.6 Å². The van der Waals surface area contributed by atoms with E-state index in [1.807, 2.05) is 6.92 Å². The molecule has 6 rings (SSSR count). The van der Waals surface area contributed by atoms with Gasteiger partial charge in [-0.15, -0.1) is 0 Å². The van der Waals surface area contributed by atoms with E-state index in [-0.39, 0.29) is 28.8 Å². The molecule has 0 unspecified atom stereocenters. The number of hydrogen-bond donors (Lipinski definition) is 2. The van der Waals surface area contributed by atoms with Crippen molar-refractivity contribution in [3.63, 3.8) is 0 Å². The van der Waals surface area contributed by atoms with Crippen LogP contribution in [0.2, 0.25) is 0 Å². The van der Waals surface area contributed by atoms with Gasteiger partial charge >= 0.3 is 5.69 Å². The van der Waals surface area contributed by atoms with Gasteiger partial charge in [0.2, 0.25) is 10.0 Å². The molecular formula is C25H24F2N6O3S. The van der Waals surface area contributed by atoms with Crippen LogP contribution in [0.25, 0.3) is 17.2 Å². The van der Waals surface area contributed by atoms with E-state index >= 15 is 4.39 Å². The number of fused-ring (bicyclic) bond motifs is 2. The summed E-state index contributed by atoms with van der Waals surface area (Å²) in [6, 6.07) is 6.07. The maximum absolute atomic E-state index is 15.4. The summed E-state index contributed by atoms with van der Waals surface area (Å²) in [5.41, 5.74) is 2.72. The fraction of sp³-hybridized carbons (Fsp3) is 0.280. The molecule has 192 valence electrons. The van der Waals surface area contributed by atoms with Crippen molar-refractivity contribution in [2.45, 2.75) is 39.0 Å². The standard InChI is InChI=1S/C25H24F2N6O3S/c1-13-10-16(11-14(2)22(13)26)33-24(21-15(3)28-7-6-19(21)29-33)32-9-8-31(25(32)34)20-5-4-18-17(23(20)27)12-37(35,36)30-18/h4-5,8-11,15,28,30H,6-7,12H2,1-3H3/t15-/m0/s1. The van der Waals surface area contributed by atoms with Gasteiger partial charge in [0.05, 0.1) is 28.5 Å². The van der Waals surface area contributed by atoms with E-state index in [2.05, 4.69) is 10.0 Å². The SMILES string of the molecule is Cc1cc(-n2nc3c(c2-n2ccn(-c4ccc5c(c4F)CS(=O)(=O)N5)c2=O)[C@H](C)NCC3)cc(C)c1F. The van der Waals surface area contributed by atoms with Crippen LogP contribution in [0.4, 0.5) is 14.5 Å². The Labute approximate surface area is 211 Å². The van der Waals surface area contributed by atoms with Crippen LogP contribution < -0.4 is 15.7 Å². The summed E-state index contributed by atoms with van der Waals surface area (Å²) in [6.07, 6.45) is 3.62. The molecule has 2 aliphatic rings. The van der Waals surface area contributed by atoms with E-state index in [9.17, 15) is 17.6 Å². The lowest BCUT2D eigenvalue weighted by Crippen LogP contribution is -2.30. The minimum absolute atomic E-state index is 0.00495. The predicted molar refractivity (Wildman–Crippen MR) is 134 cm³/mol. The molecule has 1 atom stereocenters. The molecule has 2 aromatic carbocycles. The summed E-state index contributed by atoms with van der Waals surface area (Å²) in [4.78, 5) is 13.7. The average Bonchev–Trinajstić information content (AvgIpc) is 3.50. The monoisotopic (exact) mass is 526 g/mol. The van der Waals surface area contributed by atoms with Gasteiger partial charge < -0.3 is 5.32 Å². The lowest BCUT2D eigenvalue weighted by atomic mass is 10.0. The molecule has 12 heteroatoms. The van der Waals surface area contributed by atoms with Crippen molar-refractivity contribution in [3.8, 4) is 17.2 Å². The molecule has 4 aromatic rings. The number of hydrogen-bond acceptors (Lipinski definition) is 5. The molecule has 37 heavy (non-hydrogen) atoms. The molecule has 0 aliphatic carbocycles. The minimum Gasteiger partial charge on any atom is -0.310 e. The van der Waals surface area contributed by atoms with Crippen molar-refractivity contribution in [1.29, 1.82) is 0 Å². The number of aryl methyl sites for hydroxylation is 2. The third kappa shape index (κ3) is 3.62. The molecule has 0 amide bonds. The van der Waals surface area contributed by atoms with Gasteiger partial charge in [0, 0.05) is 42.5 Å². The summed E-state index contributed by atoms with van der Waals surface area (Å²) < 4.78 is 60.1. The zero-order chi connectivity index (χ0) is 26.2. The summed E-state index contributed by atoms with van der Waals surface area (Å²) in [6.45, 7) is 6.05. The number of benzene rings is 2. The van der Waals surface area contributed by atoms with Gasteiger partial charge in [-0.05, 0) is 56.2 Å². The van der Waals surface area contributed by atoms with Crippen molar-refractivity contribution in [2.75, 3.05) is 11.3 Å². The highest BCUT2D eigenvalue weighted by Crippen LogP contribution is 2.34. The van der Waals surface area contributed by atoms with E-state index in [1.165, 1.54) is 29.1 Å². The molecule has 0 spiro atoms. The Morgan fingerprint density at radius 2 is 1.76 bits per heavy atom. The molecule has 0 saturated carbocycles. The summed E-state index contributed by atoms with van der Waals surface area (Å²) in [7, 11) is -3.66. The van der Waals surface area contributed by atoms with E-state index in [4.69, 9.17) is 5.10 Å². The minimum atomic E-state index is -3.66. The van der Waals surface area contributed by atoms with Gasteiger partial charge in [0.15, 0.2) is 5.82 Å². The van der Waals surface area contributed by atoms with Crippen molar-refractivity contribution in [2.24, 2.45) is 0 Å². The molecule has 0 radical (unpaired) electrons. The van der Waals surface area contributed by atoms with Crippen LogP contribution in [-0.2, 0) is 22.2 Å². The number of nitrogens with one attached hydrogen (secondary N) is 2. The Kier molecular flexibility index (Phi) is 5.18. The smallest absolute Gasteiger partial charge is 0.310 e. The van der Waals surface area contributed by atoms with Crippen LogP contribution in [0, 0.1) is 25.5 Å². The highest BCUT2D eigenvalue weighted by atomic mass is 32.2. The largest absolute Gasteiger partial charge is 0.338 e. The van der Waals surface area contributed by atoms with Crippen LogP contribution in [-0.4, -0.2) is 33.9 Å². The number of nitrogens with zero attached hydrogens (tertiary/aromatic N) is 4. The molecule has 2 aromatic heterocycles. The maximum Gasteiger partial charge on any atom is 0.338 e. The second kappa shape index (κ2) is 8.12.